The zero-order valence-electron chi connectivity index (χ0n) is 15.3. The number of amides is 1. The van der Waals surface area contributed by atoms with Gasteiger partial charge in [-0.1, -0.05) is 72.4 Å². The molecule has 0 spiro atoms. The van der Waals surface area contributed by atoms with Crippen molar-refractivity contribution in [3.8, 4) is 0 Å². The average molecular weight is 399 g/mol. The molecule has 2 atom stereocenters. The van der Waals surface area contributed by atoms with Crippen LogP contribution in [0.15, 0.2) is 60.7 Å². The van der Waals surface area contributed by atoms with Crippen LogP contribution in [0.4, 0.5) is 0 Å². The summed E-state index contributed by atoms with van der Waals surface area (Å²) >= 11 is 0.726. The molecule has 0 saturated heterocycles. The Hall–Kier alpha value is -2.93. The zero-order chi connectivity index (χ0) is 20.5. The van der Waals surface area contributed by atoms with Crippen molar-refractivity contribution in [1.29, 1.82) is 0 Å². The van der Waals surface area contributed by atoms with E-state index in [9.17, 15) is 24.3 Å². The van der Waals surface area contributed by atoms with Crippen LogP contribution < -0.4 is 5.32 Å². The molecule has 2 N–H and O–H groups in total. The molecular formula is C21H21NO5S. The van der Waals surface area contributed by atoms with Crippen LogP contribution in [0.3, 0.4) is 0 Å². The molecule has 1 amide bonds. The quantitative estimate of drug-likeness (QED) is 0.629. The molecule has 2 aromatic rings. The number of carbonyl (C=O) groups excluding carboxylic acids is 3. The second-order valence-electron chi connectivity index (χ2n) is 6.18. The van der Waals surface area contributed by atoms with Gasteiger partial charge in [0.1, 0.15) is 6.04 Å². The Morgan fingerprint density at radius 1 is 0.964 bits per heavy atom. The standard InChI is InChI=1S/C21H21NO5S/c1-14(23)28-19(13-18(24)16-10-6-3-7-11-16)20(25)22-17(21(26)27)12-15-8-4-2-5-9-15/h2-11,17,19H,12-13H2,1H3,(H,22,25)(H,26,27)/t17-,19?/m0/s1. The van der Waals surface area contributed by atoms with Gasteiger partial charge in [0, 0.05) is 25.3 Å². The van der Waals surface area contributed by atoms with Crippen molar-refractivity contribution in [2.75, 3.05) is 0 Å². The van der Waals surface area contributed by atoms with Crippen molar-refractivity contribution in [2.24, 2.45) is 0 Å². The van der Waals surface area contributed by atoms with Crippen LogP contribution in [0.1, 0.15) is 29.3 Å². The number of benzene rings is 2. The molecule has 6 nitrogen and oxygen atoms in total. The third-order valence-electron chi connectivity index (χ3n) is 3.96. The number of carbonyl (C=O) groups is 4. The van der Waals surface area contributed by atoms with Gasteiger partial charge in [-0.2, -0.15) is 0 Å². The summed E-state index contributed by atoms with van der Waals surface area (Å²) in [7, 11) is 0. The Labute approximate surface area is 167 Å². The van der Waals surface area contributed by atoms with Crippen LogP contribution in [-0.2, 0) is 20.8 Å². The predicted molar refractivity (Wildman–Crippen MR) is 107 cm³/mol. The first-order valence-electron chi connectivity index (χ1n) is 8.69. The highest BCUT2D eigenvalue weighted by Crippen LogP contribution is 2.19. The Balaban J connectivity index is 2.10. The van der Waals surface area contributed by atoms with E-state index in [1.807, 2.05) is 6.07 Å². The Kier molecular flexibility index (Phi) is 7.95. The summed E-state index contributed by atoms with van der Waals surface area (Å²) in [5.41, 5.74) is 1.19. The minimum absolute atomic E-state index is 0.103. The van der Waals surface area contributed by atoms with E-state index in [0.717, 1.165) is 17.3 Å². The summed E-state index contributed by atoms with van der Waals surface area (Å²) in [6.07, 6.45) is -0.0935. The highest BCUT2D eigenvalue weighted by atomic mass is 32.2. The van der Waals surface area contributed by atoms with E-state index in [2.05, 4.69) is 5.32 Å². The van der Waals surface area contributed by atoms with Gasteiger partial charge in [0.25, 0.3) is 0 Å². The van der Waals surface area contributed by atoms with E-state index >= 15 is 0 Å². The Morgan fingerprint density at radius 3 is 2.07 bits per heavy atom. The highest BCUT2D eigenvalue weighted by molar-refractivity contribution is 8.14. The lowest BCUT2D eigenvalue weighted by Crippen LogP contribution is -2.46. The lowest BCUT2D eigenvalue weighted by molar-refractivity contribution is -0.141. The fourth-order valence-corrected chi connectivity index (χ4v) is 3.42. The Morgan fingerprint density at radius 2 is 1.54 bits per heavy atom. The first-order chi connectivity index (χ1) is 13.4. The summed E-state index contributed by atoms with van der Waals surface area (Å²) in [5, 5.41) is 10.6. The SMILES string of the molecule is CC(=O)SC(CC(=O)c1ccccc1)C(=O)N[C@@H](Cc1ccccc1)C(=O)O. The molecule has 2 aromatic carbocycles. The fraction of sp³-hybridized carbons (Fsp3) is 0.238. The maximum atomic E-state index is 12.7. The van der Waals surface area contributed by atoms with Crippen molar-refractivity contribution in [1.82, 2.24) is 5.32 Å². The summed E-state index contributed by atoms with van der Waals surface area (Å²) in [4.78, 5) is 48.2. The number of rotatable bonds is 9. The number of carboxylic acid groups (broad SMARTS) is 1. The molecule has 0 aliphatic rings. The van der Waals surface area contributed by atoms with E-state index in [4.69, 9.17) is 0 Å². The largest absolute Gasteiger partial charge is 0.480 e. The van der Waals surface area contributed by atoms with Gasteiger partial charge in [0.05, 0.1) is 5.25 Å². The molecule has 0 fully saturated rings. The average Bonchev–Trinajstić information content (AvgIpc) is 2.68. The molecule has 0 radical (unpaired) electrons. The number of carboxylic acids is 1. The third-order valence-corrected chi connectivity index (χ3v) is 4.96. The minimum atomic E-state index is -1.18. The smallest absolute Gasteiger partial charge is 0.326 e. The van der Waals surface area contributed by atoms with Gasteiger partial charge in [-0.05, 0) is 5.56 Å². The van der Waals surface area contributed by atoms with Gasteiger partial charge in [-0.3, -0.25) is 14.4 Å². The first-order valence-corrected chi connectivity index (χ1v) is 9.57. The minimum Gasteiger partial charge on any atom is -0.480 e. The maximum Gasteiger partial charge on any atom is 0.326 e. The number of hydrogen-bond acceptors (Lipinski definition) is 5. The lowest BCUT2D eigenvalue weighted by Gasteiger charge is -2.19. The van der Waals surface area contributed by atoms with Gasteiger partial charge < -0.3 is 10.4 Å². The molecule has 28 heavy (non-hydrogen) atoms. The van der Waals surface area contributed by atoms with Crippen LogP contribution in [-0.4, -0.2) is 39.2 Å². The second kappa shape index (κ2) is 10.4. The normalized spacial score (nSPS) is 12.6. The van der Waals surface area contributed by atoms with Crippen molar-refractivity contribution in [2.45, 2.75) is 31.1 Å². The molecule has 0 heterocycles. The summed E-state index contributed by atoms with van der Waals surface area (Å²) in [6, 6.07) is 16.2. The van der Waals surface area contributed by atoms with Gasteiger partial charge in [0.15, 0.2) is 10.9 Å². The molecule has 146 valence electrons. The van der Waals surface area contributed by atoms with Gasteiger partial charge in [-0.15, -0.1) is 0 Å². The molecule has 0 aromatic heterocycles. The van der Waals surface area contributed by atoms with Crippen molar-refractivity contribution < 1.29 is 24.3 Å². The number of thioether (sulfide) groups is 1. The molecule has 0 saturated carbocycles. The van der Waals surface area contributed by atoms with E-state index < -0.39 is 23.2 Å². The monoisotopic (exact) mass is 399 g/mol. The number of hydrogen-bond donors (Lipinski definition) is 2. The molecule has 0 aliphatic carbocycles. The van der Waals surface area contributed by atoms with Crippen LogP contribution in [0.2, 0.25) is 0 Å². The molecule has 7 heteroatoms. The van der Waals surface area contributed by atoms with Gasteiger partial charge in [-0.25, -0.2) is 4.79 Å². The molecule has 0 bridgehead atoms. The number of ketones is 1. The second-order valence-corrected chi connectivity index (χ2v) is 7.56. The van der Waals surface area contributed by atoms with E-state index in [-0.39, 0.29) is 23.7 Å². The van der Waals surface area contributed by atoms with Crippen molar-refractivity contribution >= 4 is 34.5 Å². The van der Waals surface area contributed by atoms with E-state index in [1.54, 1.807) is 54.6 Å². The van der Waals surface area contributed by atoms with Crippen LogP contribution in [0.5, 0.6) is 0 Å². The number of aliphatic carboxylic acids is 1. The zero-order valence-corrected chi connectivity index (χ0v) is 16.1. The fourth-order valence-electron chi connectivity index (χ4n) is 2.61. The first kappa shape index (κ1) is 21.4. The lowest BCUT2D eigenvalue weighted by atomic mass is 10.0. The van der Waals surface area contributed by atoms with Crippen LogP contribution in [0.25, 0.3) is 0 Å². The van der Waals surface area contributed by atoms with Gasteiger partial charge in [0.2, 0.25) is 5.91 Å². The molecule has 1 unspecified atom stereocenters. The molecular weight excluding hydrogens is 378 g/mol. The van der Waals surface area contributed by atoms with E-state index in [1.165, 1.54) is 6.92 Å². The summed E-state index contributed by atoms with van der Waals surface area (Å²) in [5.74, 6) is -2.12. The van der Waals surface area contributed by atoms with Crippen molar-refractivity contribution in [3.05, 3.63) is 71.8 Å². The summed E-state index contributed by atoms with van der Waals surface area (Å²) < 4.78 is 0. The molecule has 0 aliphatic heterocycles. The van der Waals surface area contributed by atoms with Gasteiger partial charge >= 0.3 is 5.97 Å². The Bertz CT molecular complexity index is 838. The number of Topliss-reactive ketones (excluding diaryl/α,β-unsaturated/α-hetero) is 1. The van der Waals surface area contributed by atoms with Crippen LogP contribution >= 0.6 is 11.8 Å². The number of nitrogens with one attached hydrogen (secondary N) is 1. The third kappa shape index (κ3) is 6.66. The molecule has 2 rings (SSSR count). The van der Waals surface area contributed by atoms with Crippen LogP contribution in [0, 0.1) is 0 Å². The van der Waals surface area contributed by atoms with Crippen molar-refractivity contribution in [3.63, 3.8) is 0 Å². The summed E-state index contributed by atoms with van der Waals surface area (Å²) in [6.45, 7) is 1.30. The maximum absolute atomic E-state index is 12.7. The predicted octanol–water partition coefficient (Wildman–Crippen LogP) is 2.72. The topological polar surface area (TPSA) is 101 Å². The highest BCUT2D eigenvalue weighted by Gasteiger charge is 2.29. The van der Waals surface area contributed by atoms with E-state index in [0.29, 0.717) is 5.56 Å².